The van der Waals surface area contributed by atoms with E-state index in [2.05, 4.69) is 0 Å². The average Bonchev–Trinajstić information content (AvgIpc) is 3.20. The standard InChI is InChI=1S/C18H11Cl2NO6S2/c19-10-3-1-2-9(15(10)20)12-5-4-8(27-12)6-13-16(24)21(18(28)29-13)11(17(25)26)7-14(22)23/h1-6,11H,7H2,(H,22,23)(H,25,26)/b13-6+/t11-/m1/s1. The molecule has 1 saturated heterocycles. The number of carboxylic acids is 2. The van der Waals surface area contributed by atoms with E-state index in [1.54, 1.807) is 30.3 Å². The topological polar surface area (TPSA) is 108 Å². The number of thioether (sulfide) groups is 1. The van der Waals surface area contributed by atoms with Crippen molar-refractivity contribution in [2.45, 2.75) is 12.5 Å². The van der Waals surface area contributed by atoms with Gasteiger partial charge in [0.2, 0.25) is 0 Å². The van der Waals surface area contributed by atoms with Crippen molar-refractivity contribution in [3.05, 3.63) is 51.0 Å². The molecule has 29 heavy (non-hydrogen) atoms. The SMILES string of the molecule is O=C(O)C[C@H](C(=O)O)N1C(=O)/C(=C\c2ccc(-c3cccc(Cl)c3Cl)o2)SC1=S. The Morgan fingerprint density at radius 2 is 1.97 bits per heavy atom. The quantitative estimate of drug-likeness (QED) is 0.471. The fourth-order valence-electron chi connectivity index (χ4n) is 2.60. The molecule has 0 spiro atoms. The Hall–Kier alpha value is -2.33. The van der Waals surface area contributed by atoms with Crippen LogP contribution in [-0.4, -0.2) is 43.3 Å². The summed E-state index contributed by atoms with van der Waals surface area (Å²) in [5.41, 5.74) is 0.568. The van der Waals surface area contributed by atoms with Gasteiger partial charge in [0.25, 0.3) is 5.91 Å². The van der Waals surface area contributed by atoms with Gasteiger partial charge in [-0.3, -0.25) is 14.5 Å². The Labute approximate surface area is 183 Å². The summed E-state index contributed by atoms with van der Waals surface area (Å²) in [5, 5.41) is 18.9. The second-order valence-electron chi connectivity index (χ2n) is 5.81. The van der Waals surface area contributed by atoms with Gasteiger partial charge in [0.05, 0.1) is 21.4 Å². The molecule has 1 aromatic heterocycles. The number of rotatable bonds is 6. The largest absolute Gasteiger partial charge is 0.481 e. The van der Waals surface area contributed by atoms with Crippen LogP contribution in [0.25, 0.3) is 17.4 Å². The molecule has 7 nitrogen and oxygen atoms in total. The molecule has 1 amide bonds. The highest BCUT2D eigenvalue weighted by Crippen LogP contribution is 2.37. The average molecular weight is 472 g/mol. The number of aliphatic carboxylic acids is 2. The zero-order valence-electron chi connectivity index (χ0n) is 14.3. The van der Waals surface area contributed by atoms with Gasteiger partial charge in [-0.25, -0.2) is 4.79 Å². The van der Waals surface area contributed by atoms with Gasteiger partial charge in [-0.15, -0.1) is 0 Å². The second kappa shape index (κ2) is 8.58. The van der Waals surface area contributed by atoms with Crippen LogP contribution in [0.3, 0.4) is 0 Å². The lowest BCUT2D eigenvalue weighted by Gasteiger charge is -2.21. The van der Waals surface area contributed by atoms with Crippen LogP contribution < -0.4 is 0 Å². The first-order valence-electron chi connectivity index (χ1n) is 7.95. The van der Waals surface area contributed by atoms with Gasteiger partial charge in [0.15, 0.2) is 0 Å². The molecule has 1 aliphatic heterocycles. The number of nitrogens with zero attached hydrogens (tertiary/aromatic N) is 1. The van der Waals surface area contributed by atoms with Gasteiger partial charge in [-0.05, 0) is 24.3 Å². The van der Waals surface area contributed by atoms with Crippen molar-refractivity contribution in [2.75, 3.05) is 0 Å². The molecular weight excluding hydrogens is 461 g/mol. The number of furan rings is 1. The van der Waals surface area contributed by atoms with Crippen LogP contribution in [0.1, 0.15) is 12.2 Å². The van der Waals surface area contributed by atoms with E-state index in [1.165, 1.54) is 6.08 Å². The van der Waals surface area contributed by atoms with Crippen LogP contribution in [0.5, 0.6) is 0 Å². The van der Waals surface area contributed by atoms with E-state index in [9.17, 15) is 19.5 Å². The van der Waals surface area contributed by atoms with E-state index in [-0.39, 0.29) is 9.23 Å². The Kier molecular flexibility index (Phi) is 6.33. The molecule has 11 heteroatoms. The van der Waals surface area contributed by atoms with Crippen LogP contribution >= 0.6 is 47.2 Å². The number of carboxylic acid groups (broad SMARTS) is 2. The number of hydrogen-bond acceptors (Lipinski definition) is 6. The first-order valence-corrected chi connectivity index (χ1v) is 9.93. The molecule has 2 N–H and O–H groups in total. The number of carbonyl (C=O) groups is 3. The van der Waals surface area contributed by atoms with Crippen molar-refractivity contribution < 1.29 is 29.0 Å². The molecule has 2 heterocycles. The summed E-state index contributed by atoms with van der Waals surface area (Å²) < 4.78 is 5.66. The van der Waals surface area contributed by atoms with Crippen molar-refractivity contribution in [3.8, 4) is 11.3 Å². The minimum Gasteiger partial charge on any atom is -0.481 e. The number of halogens is 2. The minimum absolute atomic E-state index is 0.0421. The molecule has 0 saturated carbocycles. The molecule has 0 aliphatic carbocycles. The van der Waals surface area contributed by atoms with Crippen molar-refractivity contribution >= 4 is 75.4 Å². The summed E-state index contributed by atoms with van der Waals surface area (Å²) in [7, 11) is 0. The van der Waals surface area contributed by atoms with E-state index >= 15 is 0 Å². The number of amides is 1. The maximum atomic E-state index is 12.6. The molecule has 1 aromatic carbocycles. The first kappa shape index (κ1) is 21.4. The van der Waals surface area contributed by atoms with Gasteiger partial charge in [-0.1, -0.05) is 53.2 Å². The number of hydrogen-bond donors (Lipinski definition) is 2. The molecule has 1 atom stereocenters. The van der Waals surface area contributed by atoms with E-state index in [0.29, 0.717) is 27.1 Å². The molecule has 0 radical (unpaired) electrons. The number of benzene rings is 1. The summed E-state index contributed by atoms with van der Waals surface area (Å²) in [6.07, 6.45) is 0.633. The molecule has 2 aromatic rings. The fourth-order valence-corrected chi connectivity index (χ4v) is 4.33. The minimum atomic E-state index is -1.59. The zero-order valence-corrected chi connectivity index (χ0v) is 17.4. The second-order valence-corrected chi connectivity index (χ2v) is 8.27. The molecule has 1 fully saturated rings. The van der Waals surface area contributed by atoms with Crippen molar-refractivity contribution in [1.29, 1.82) is 0 Å². The highest BCUT2D eigenvalue weighted by atomic mass is 35.5. The summed E-state index contributed by atoms with van der Waals surface area (Å²) in [6.45, 7) is 0. The van der Waals surface area contributed by atoms with E-state index < -0.39 is 30.3 Å². The normalized spacial score (nSPS) is 16.5. The van der Waals surface area contributed by atoms with Gasteiger partial charge < -0.3 is 14.6 Å². The van der Waals surface area contributed by atoms with Crippen LogP contribution in [0.2, 0.25) is 10.0 Å². The third-order valence-electron chi connectivity index (χ3n) is 3.91. The van der Waals surface area contributed by atoms with Crippen LogP contribution in [0.15, 0.2) is 39.7 Å². The van der Waals surface area contributed by atoms with Crippen molar-refractivity contribution in [2.24, 2.45) is 0 Å². The van der Waals surface area contributed by atoms with E-state index in [4.69, 9.17) is 44.9 Å². The molecule has 1 aliphatic rings. The maximum absolute atomic E-state index is 12.6. The summed E-state index contributed by atoms with van der Waals surface area (Å²) in [6, 6.07) is 6.73. The summed E-state index contributed by atoms with van der Waals surface area (Å²) in [5.74, 6) is -2.78. The molecular formula is C18H11Cl2NO6S2. The Bertz CT molecular complexity index is 1060. The third kappa shape index (κ3) is 4.48. The van der Waals surface area contributed by atoms with Gasteiger partial charge in [-0.2, -0.15) is 0 Å². The van der Waals surface area contributed by atoms with Crippen LogP contribution in [-0.2, 0) is 14.4 Å². The van der Waals surface area contributed by atoms with Crippen molar-refractivity contribution in [3.63, 3.8) is 0 Å². The fraction of sp³-hybridized carbons (Fsp3) is 0.111. The van der Waals surface area contributed by atoms with Crippen molar-refractivity contribution in [1.82, 2.24) is 4.90 Å². The van der Waals surface area contributed by atoms with Gasteiger partial charge in [0, 0.05) is 11.6 Å². The third-order valence-corrected chi connectivity index (χ3v) is 6.05. The molecule has 3 rings (SSSR count). The lowest BCUT2D eigenvalue weighted by molar-refractivity contribution is -0.150. The predicted octanol–water partition coefficient (Wildman–Crippen LogP) is 4.38. The highest BCUT2D eigenvalue weighted by Gasteiger charge is 2.41. The van der Waals surface area contributed by atoms with Gasteiger partial charge >= 0.3 is 11.9 Å². The Morgan fingerprint density at radius 1 is 1.24 bits per heavy atom. The number of thiocarbonyl (C=S) groups is 1. The lowest BCUT2D eigenvalue weighted by atomic mass is 10.2. The van der Waals surface area contributed by atoms with Gasteiger partial charge in [0.1, 0.15) is 21.9 Å². The van der Waals surface area contributed by atoms with E-state index in [0.717, 1.165) is 16.7 Å². The first-order chi connectivity index (χ1) is 13.7. The molecule has 0 unspecified atom stereocenters. The van der Waals surface area contributed by atoms with Crippen LogP contribution in [0, 0.1) is 0 Å². The summed E-state index contributed by atoms with van der Waals surface area (Å²) in [4.78, 5) is 35.9. The van der Waals surface area contributed by atoms with E-state index in [1.807, 2.05) is 0 Å². The maximum Gasteiger partial charge on any atom is 0.327 e. The number of carbonyl (C=O) groups excluding carboxylic acids is 1. The lowest BCUT2D eigenvalue weighted by Crippen LogP contribution is -2.45. The molecule has 0 bridgehead atoms. The monoisotopic (exact) mass is 471 g/mol. The van der Waals surface area contributed by atoms with Crippen LogP contribution in [0.4, 0.5) is 0 Å². The molecule has 150 valence electrons. The smallest absolute Gasteiger partial charge is 0.327 e. The Balaban J connectivity index is 1.88. The predicted molar refractivity (Wildman–Crippen MR) is 113 cm³/mol. The highest BCUT2D eigenvalue weighted by molar-refractivity contribution is 8.26. The Morgan fingerprint density at radius 3 is 2.62 bits per heavy atom. The summed E-state index contributed by atoms with van der Waals surface area (Å²) >= 11 is 18.1. The zero-order chi connectivity index (χ0) is 21.3.